The summed E-state index contributed by atoms with van der Waals surface area (Å²) in [6, 6.07) is 9.76. The smallest absolute Gasteiger partial charge is 0.141 e. The van der Waals surface area contributed by atoms with E-state index in [2.05, 4.69) is 16.4 Å². The first kappa shape index (κ1) is 12.1. The van der Waals surface area contributed by atoms with Gasteiger partial charge in [0.25, 0.3) is 0 Å². The highest BCUT2D eigenvalue weighted by Crippen LogP contribution is 2.20. The van der Waals surface area contributed by atoms with Crippen molar-refractivity contribution in [3.8, 4) is 6.07 Å². The van der Waals surface area contributed by atoms with Crippen molar-refractivity contribution in [3.63, 3.8) is 0 Å². The standard InChI is InChI=1S/C14H12FN3/c1-10-5-12(15)7-13(6-10)18-14(8-16)11-3-2-4-17-9-11/h2-7,9,14,18H,1H3. The summed E-state index contributed by atoms with van der Waals surface area (Å²) in [6.45, 7) is 1.81. The predicted molar refractivity (Wildman–Crippen MR) is 67.4 cm³/mol. The van der Waals surface area contributed by atoms with Crippen LogP contribution >= 0.6 is 0 Å². The largest absolute Gasteiger partial charge is 0.366 e. The number of nitriles is 1. The lowest BCUT2D eigenvalue weighted by Crippen LogP contribution is -2.09. The lowest BCUT2D eigenvalue weighted by Gasteiger charge is -2.13. The molecule has 0 saturated carbocycles. The topological polar surface area (TPSA) is 48.7 Å². The van der Waals surface area contributed by atoms with Crippen LogP contribution in [-0.4, -0.2) is 4.98 Å². The van der Waals surface area contributed by atoms with E-state index in [4.69, 9.17) is 5.26 Å². The van der Waals surface area contributed by atoms with Crippen molar-refractivity contribution in [2.45, 2.75) is 13.0 Å². The number of hydrogen-bond acceptors (Lipinski definition) is 3. The molecule has 1 atom stereocenters. The molecule has 0 fully saturated rings. The minimum atomic E-state index is -0.542. The summed E-state index contributed by atoms with van der Waals surface area (Å²) in [5.74, 6) is -0.319. The van der Waals surface area contributed by atoms with Gasteiger partial charge in [-0.05, 0) is 36.8 Å². The Morgan fingerprint density at radius 1 is 1.39 bits per heavy atom. The molecule has 0 saturated heterocycles. The molecule has 2 aromatic rings. The molecule has 0 bridgehead atoms. The summed E-state index contributed by atoms with van der Waals surface area (Å²) in [5, 5.41) is 12.1. The average molecular weight is 241 g/mol. The Labute approximate surface area is 105 Å². The van der Waals surface area contributed by atoms with Crippen molar-refractivity contribution in [1.29, 1.82) is 5.26 Å². The van der Waals surface area contributed by atoms with E-state index in [-0.39, 0.29) is 5.82 Å². The quantitative estimate of drug-likeness (QED) is 0.897. The van der Waals surface area contributed by atoms with E-state index in [0.717, 1.165) is 11.1 Å². The molecule has 1 aromatic heterocycles. The summed E-state index contributed by atoms with van der Waals surface area (Å²) in [4.78, 5) is 3.97. The minimum absolute atomic E-state index is 0.319. The second-order valence-electron chi connectivity index (χ2n) is 4.01. The summed E-state index contributed by atoms with van der Waals surface area (Å²) < 4.78 is 13.2. The Hall–Kier alpha value is -2.41. The number of benzene rings is 1. The van der Waals surface area contributed by atoms with Gasteiger partial charge >= 0.3 is 0 Å². The Balaban J connectivity index is 2.24. The monoisotopic (exact) mass is 241 g/mol. The zero-order valence-electron chi connectivity index (χ0n) is 9.89. The van der Waals surface area contributed by atoms with Crippen LogP contribution in [0.1, 0.15) is 17.2 Å². The van der Waals surface area contributed by atoms with Crippen LogP contribution in [0, 0.1) is 24.1 Å². The molecule has 90 valence electrons. The lowest BCUT2D eigenvalue weighted by atomic mass is 10.1. The van der Waals surface area contributed by atoms with Crippen molar-refractivity contribution in [2.24, 2.45) is 0 Å². The van der Waals surface area contributed by atoms with Crippen molar-refractivity contribution in [3.05, 3.63) is 59.7 Å². The molecule has 2 rings (SSSR count). The van der Waals surface area contributed by atoms with Gasteiger partial charge in [-0.3, -0.25) is 4.98 Å². The molecule has 3 nitrogen and oxygen atoms in total. The van der Waals surface area contributed by atoms with Crippen molar-refractivity contribution >= 4 is 5.69 Å². The predicted octanol–water partition coefficient (Wildman–Crippen LogP) is 3.21. The first-order valence-corrected chi connectivity index (χ1v) is 5.52. The van der Waals surface area contributed by atoms with Crippen LogP contribution in [-0.2, 0) is 0 Å². The maximum atomic E-state index is 13.2. The summed E-state index contributed by atoms with van der Waals surface area (Å²) in [6.07, 6.45) is 3.26. The highest BCUT2D eigenvalue weighted by molar-refractivity contribution is 5.49. The van der Waals surface area contributed by atoms with Crippen LogP contribution in [0.5, 0.6) is 0 Å². The first-order valence-electron chi connectivity index (χ1n) is 5.52. The third-order valence-corrected chi connectivity index (χ3v) is 2.50. The van der Waals surface area contributed by atoms with E-state index in [0.29, 0.717) is 5.69 Å². The van der Waals surface area contributed by atoms with Crippen LogP contribution in [0.2, 0.25) is 0 Å². The third-order valence-electron chi connectivity index (χ3n) is 2.50. The highest BCUT2D eigenvalue weighted by Gasteiger charge is 2.10. The number of aromatic nitrogens is 1. The normalized spacial score (nSPS) is 11.6. The summed E-state index contributed by atoms with van der Waals surface area (Å²) in [5.41, 5.74) is 2.14. The number of rotatable bonds is 3. The molecule has 1 unspecified atom stereocenters. The summed E-state index contributed by atoms with van der Waals surface area (Å²) >= 11 is 0. The number of nitrogens with one attached hydrogen (secondary N) is 1. The van der Waals surface area contributed by atoms with E-state index >= 15 is 0 Å². The number of pyridine rings is 1. The second-order valence-corrected chi connectivity index (χ2v) is 4.01. The molecule has 0 radical (unpaired) electrons. The van der Waals surface area contributed by atoms with Gasteiger partial charge in [0.2, 0.25) is 0 Å². The van der Waals surface area contributed by atoms with Crippen LogP contribution in [0.15, 0.2) is 42.7 Å². The third kappa shape index (κ3) is 2.83. The van der Waals surface area contributed by atoms with E-state index < -0.39 is 6.04 Å². The van der Waals surface area contributed by atoms with Crippen LogP contribution in [0.25, 0.3) is 0 Å². The molecule has 0 aliphatic rings. The fourth-order valence-electron chi connectivity index (χ4n) is 1.72. The van der Waals surface area contributed by atoms with Gasteiger partial charge in [-0.1, -0.05) is 6.07 Å². The summed E-state index contributed by atoms with van der Waals surface area (Å²) in [7, 11) is 0. The number of hydrogen-bond donors (Lipinski definition) is 1. The van der Waals surface area contributed by atoms with E-state index in [9.17, 15) is 4.39 Å². The van der Waals surface area contributed by atoms with Gasteiger partial charge in [-0.2, -0.15) is 5.26 Å². The van der Waals surface area contributed by atoms with E-state index in [1.165, 1.54) is 12.1 Å². The van der Waals surface area contributed by atoms with Crippen LogP contribution < -0.4 is 5.32 Å². The maximum Gasteiger partial charge on any atom is 0.141 e. The van der Waals surface area contributed by atoms with Gasteiger partial charge in [0.05, 0.1) is 6.07 Å². The van der Waals surface area contributed by atoms with Gasteiger partial charge in [0.1, 0.15) is 11.9 Å². The Morgan fingerprint density at radius 2 is 2.22 bits per heavy atom. The molecule has 0 aliphatic heterocycles. The fourth-order valence-corrected chi connectivity index (χ4v) is 1.72. The molecule has 1 N–H and O–H groups in total. The Kier molecular flexibility index (Phi) is 3.54. The Morgan fingerprint density at radius 3 is 2.83 bits per heavy atom. The minimum Gasteiger partial charge on any atom is -0.366 e. The molecule has 1 heterocycles. The van der Waals surface area contributed by atoms with Gasteiger partial charge < -0.3 is 5.32 Å². The van der Waals surface area contributed by atoms with Gasteiger partial charge in [0.15, 0.2) is 0 Å². The van der Waals surface area contributed by atoms with Crippen LogP contribution in [0.3, 0.4) is 0 Å². The average Bonchev–Trinajstić information content (AvgIpc) is 2.36. The molecular weight excluding hydrogens is 229 g/mol. The maximum absolute atomic E-state index is 13.2. The number of halogens is 1. The second kappa shape index (κ2) is 5.28. The van der Waals surface area contributed by atoms with E-state index in [1.54, 1.807) is 37.5 Å². The molecule has 0 amide bonds. The van der Waals surface area contributed by atoms with Gasteiger partial charge in [0, 0.05) is 23.6 Å². The van der Waals surface area contributed by atoms with E-state index in [1.807, 2.05) is 0 Å². The molecule has 4 heteroatoms. The fraction of sp³-hybridized carbons (Fsp3) is 0.143. The van der Waals surface area contributed by atoms with Crippen LogP contribution in [0.4, 0.5) is 10.1 Å². The SMILES string of the molecule is Cc1cc(F)cc(NC(C#N)c2cccnc2)c1. The zero-order valence-corrected chi connectivity index (χ0v) is 9.89. The van der Waals surface area contributed by atoms with Gasteiger partial charge in [-0.15, -0.1) is 0 Å². The molecule has 18 heavy (non-hydrogen) atoms. The molecular formula is C14H12FN3. The molecule has 0 spiro atoms. The Bertz CT molecular complexity index is 555. The number of aryl methyl sites for hydroxylation is 1. The number of anilines is 1. The van der Waals surface area contributed by atoms with Crippen molar-refractivity contribution in [1.82, 2.24) is 4.98 Å². The first-order chi connectivity index (χ1) is 8.69. The zero-order chi connectivity index (χ0) is 13.0. The number of nitrogens with zero attached hydrogens (tertiary/aromatic N) is 2. The molecule has 0 aliphatic carbocycles. The van der Waals surface area contributed by atoms with Crippen molar-refractivity contribution in [2.75, 3.05) is 5.32 Å². The highest BCUT2D eigenvalue weighted by atomic mass is 19.1. The van der Waals surface area contributed by atoms with Gasteiger partial charge in [-0.25, -0.2) is 4.39 Å². The van der Waals surface area contributed by atoms with Crippen molar-refractivity contribution < 1.29 is 4.39 Å². The lowest BCUT2D eigenvalue weighted by molar-refractivity contribution is 0.627. The molecule has 1 aromatic carbocycles.